The number of hydrogen-bond acceptors (Lipinski definition) is 5. The highest BCUT2D eigenvalue weighted by atomic mass is 32.1. The molecule has 0 N–H and O–H groups in total. The molecule has 0 saturated carbocycles. The first-order valence-electron chi connectivity index (χ1n) is 6.04. The Labute approximate surface area is 113 Å². The highest BCUT2D eigenvalue weighted by Gasteiger charge is 2.14. The van der Waals surface area contributed by atoms with Crippen molar-refractivity contribution in [2.75, 3.05) is 33.2 Å². The Morgan fingerprint density at radius 2 is 2.06 bits per heavy atom. The summed E-state index contributed by atoms with van der Waals surface area (Å²) in [4.78, 5) is 16.1. The lowest BCUT2D eigenvalue weighted by Crippen LogP contribution is -2.43. The third-order valence-electron chi connectivity index (χ3n) is 3.25. The van der Waals surface area contributed by atoms with Crippen molar-refractivity contribution in [3.8, 4) is 0 Å². The Balaban J connectivity index is 1.99. The molecule has 1 saturated heterocycles. The van der Waals surface area contributed by atoms with Crippen molar-refractivity contribution >= 4 is 18.9 Å². The van der Waals surface area contributed by atoms with Gasteiger partial charge in [0.25, 0.3) is 0 Å². The van der Waals surface area contributed by atoms with Gasteiger partial charge in [-0.3, -0.25) is 4.90 Å². The zero-order valence-electron chi connectivity index (χ0n) is 10.5. The van der Waals surface area contributed by atoms with Crippen LogP contribution in [0.2, 0.25) is 0 Å². The van der Waals surface area contributed by atoms with Crippen LogP contribution in [0.1, 0.15) is 15.9 Å². The van der Waals surface area contributed by atoms with Crippen LogP contribution in [-0.4, -0.2) is 49.0 Å². The van der Waals surface area contributed by atoms with E-state index in [9.17, 15) is 4.79 Å². The number of hydrogen-bond donors (Lipinski definition) is 1. The third-order valence-corrected chi connectivity index (χ3v) is 3.41. The van der Waals surface area contributed by atoms with Gasteiger partial charge < -0.3 is 9.08 Å². The molecule has 0 aliphatic carbocycles. The summed E-state index contributed by atoms with van der Waals surface area (Å²) in [6, 6.07) is 7.53. The van der Waals surface area contributed by atoms with Gasteiger partial charge >= 0.3 is 5.97 Å². The van der Waals surface area contributed by atoms with Crippen LogP contribution in [0.15, 0.2) is 24.3 Å². The third kappa shape index (κ3) is 3.48. The summed E-state index contributed by atoms with van der Waals surface area (Å²) in [6.07, 6.45) is 0. The summed E-state index contributed by atoms with van der Waals surface area (Å²) in [6.45, 7) is 5.20. The molecular formula is C13H18N2O2S. The lowest BCUT2D eigenvalue weighted by Gasteiger charge is -2.32. The summed E-state index contributed by atoms with van der Waals surface area (Å²) in [5.41, 5.74) is 1.69. The fourth-order valence-corrected chi connectivity index (χ4v) is 2.22. The van der Waals surface area contributed by atoms with Crippen LogP contribution in [0.25, 0.3) is 0 Å². The SMILES string of the molecule is CN1CCN(Cc2cccc(C(=O)OS)c2)CC1. The van der Waals surface area contributed by atoms with Crippen molar-refractivity contribution in [3.63, 3.8) is 0 Å². The normalized spacial score (nSPS) is 17.7. The van der Waals surface area contributed by atoms with Gasteiger partial charge in [-0.2, -0.15) is 0 Å². The van der Waals surface area contributed by atoms with E-state index in [0.29, 0.717) is 5.56 Å². The highest BCUT2D eigenvalue weighted by Crippen LogP contribution is 2.11. The Morgan fingerprint density at radius 3 is 2.72 bits per heavy atom. The van der Waals surface area contributed by atoms with Crippen LogP contribution in [0.3, 0.4) is 0 Å². The number of thiol groups is 1. The minimum atomic E-state index is -0.404. The largest absolute Gasteiger partial charge is 0.391 e. The molecule has 1 aromatic carbocycles. The summed E-state index contributed by atoms with van der Waals surface area (Å²) >= 11 is 3.54. The summed E-state index contributed by atoms with van der Waals surface area (Å²) in [7, 11) is 2.14. The van der Waals surface area contributed by atoms with Gasteiger partial charge in [-0.05, 0) is 24.7 Å². The van der Waals surface area contributed by atoms with Gasteiger partial charge in [0.2, 0.25) is 0 Å². The Kier molecular flexibility index (Phi) is 4.63. The van der Waals surface area contributed by atoms with Gasteiger partial charge in [0, 0.05) is 45.6 Å². The zero-order valence-corrected chi connectivity index (χ0v) is 11.4. The summed E-state index contributed by atoms with van der Waals surface area (Å²) in [5, 5.41) is 0. The van der Waals surface area contributed by atoms with Crippen molar-refractivity contribution in [1.29, 1.82) is 0 Å². The van der Waals surface area contributed by atoms with E-state index in [4.69, 9.17) is 0 Å². The average molecular weight is 266 g/mol. The molecule has 1 aromatic rings. The monoisotopic (exact) mass is 266 g/mol. The van der Waals surface area contributed by atoms with Gasteiger partial charge in [0.1, 0.15) is 0 Å². The van der Waals surface area contributed by atoms with E-state index in [-0.39, 0.29) is 0 Å². The Morgan fingerprint density at radius 1 is 1.33 bits per heavy atom. The molecule has 0 spiro atoms. The van der Waals surface area contributed by atoms with E-state index in [2.05, 4.69) is 33.9 Å². The van der Waals surface area contributed by atoms with E-state index in [1.165, 1.54) is 0 Å². The minimum absolute atomic E-state index is 0.404. The standard InChI is InChI=1S/C13H18N2O2S/c1-14-5-7-15(8-6-14)10-11-3-2-4-12(9-11)13(16)17-18/h2-4,9,18H,5-8,10H2,1H3. The van der Waals surface area contributed by atoms with E-state index < -0.39 is 5.97 Å². The molecule has 0 aromatic heterocycles. The minimum Gasteiger partial charge on any atom is -0.391 e. The van der Waals surface area contributed by atoms with E-state index in [1.54, 1.807) is 6.07 Å². The molecule has 2 rings (SSSR count). The molecule has 18 heavy (non-hydrogen) atoms. The maximum Gasteiger partial charge on any atom is 0.349 e. The topological polar surface area (TPSA) is 32.8 Å². The summed E-state index contributed by atoms with van der Waals surface area (Å²) < 4.78 is 4.43. The molecule has 1 heterocycles. The summed E-state index contributed by atoms with van der Waals surface area (Å²) in [5.74, 6) is -0.404. The number of carbonyl (C=O) groups is 1. The highest BCUT2D eigenvalue weighted by molar-refractivity contribution is 7.75. The number of carbonyl (C=O) groups excluding carboxylic acids is 1. The molecule has 0 amide bonds. The lowest BCUT2D eigenvalue weighted by atomic mass is 10.1. The number of nitrogens with zero attached hydrogens (tertiary/aromatic N) is 2. The lowest BCUT2D eigenvalue weighted by molar-refractivity contribution is 0.0772. The molecule has 1 fully saturated rings. The first-order valence-corrected chi connectivity index (χ1v) is 6.41. The maximum atomic E-state index is 11.4. The molecule has 1 aliphatic heterocycles. The van der Waals surface area contributed by atoms with Gasteiger partial charge in [-0.15, -0.1) is 0 Å². The fourth-order valence-electron chi connectivity index (χ4n) is 2.11. The molecular weight excluding hydrogens is 248 g/mol. The van der Waals surface area contributed by atoms with Gasteiger partial charge in [0.05, 0.1) is 5.56 Å². The molecule has 4 nitrogen and oxygen atoms in total. The van der Waals surface area contributed by atoms with Crippen LogP contribution < -0.4 is 0 Å². The predicted octanol–water partition coefficient (Wildman–Crippen LogP) is 1.44. The zero-order chi connectivity index (χ0) is 13.0. The quantitative estimate of drug-likeness (QED) is 0.663. The van der Waals surface area contributed by atoms with E-state index >= 15 is 0 Å². The number of piperazine rings is 1. The molecule has 0 unspecified atom stereocenters. The second-order valence-electron chi connectivity index (χ2n) is 4.66. The van der Waals surface area contributed by atoms with Gasteiger partial charge in [-0.1, -0.05) is 12.1 Å². The molecule has 0 bridgehead atoms. The first-order chi connectivity index (χ1) is 8.69. The van der Waals surface area contributed by atoms with Gasteiger partial charge in [-0.25, -0.2) is 4.79 Å². The first kappa shape index (κ1) is 13.4. The Bertz CT molecular complexity index is 417. The van der Waals surface area contributed by atoms with E-state index in [1.807, 2.05) is 18.2 Å². The molecule has 1 aliphatic rings. The van der Waals surface area contributed by atoms with Crippen LogP contribution >= 0.6 is 12.9 Å². The van der Waals surface area contributed by atoms with Gasteiger partial charge in [0.15, 0.2) is 0 Å². The van der Waals surface area contributed by atoms with Crippen molar-refractivity contribution in [2.24, 2.45) is 0 Å². The average Bonchev–Trinajstić information content (AvgIpc) is 2.41. The number of rotatable bonds is 3. The molecule has 98 valence electrons. The fraction of sp³-hybridized carbons (Fsp3) is 0.462. The smallest absolute Gasteiger partial charge is 0.349 e. The second kappa shape index (κ2) is 6.22. The number of benzene rings is 1. The van der Waals surface area contributed by atoms with Crippen molar-refractivity contribution < 1.29 is 8.98 Å². The van der Waals surface area contributed by atoms with Crippen molar-refractivity contribution in [2.45, 2.75) is 6.54 Å². The van der Waals surface area contributed by atoms with Crippen LogP contribution in [0.4, 0.5) is 0 Å². The molecule has 5 heteroatoms. The predicted molar refractivity (Wildman–Crippen MR) is 73.6 cm³/mol. The Hall–Kier alpha value is -1.04. The molecule has 0 radical (unpaired) electrons. The van der Waals surface area contributed by atoms with Crippen molar-refractivity contribution in [1.82, 2.24) is 9.80 Å². The van der Waals surface area contributed by atoms with Crippen LogP contribution in [0, 0.1) is 0 Å². The number of likely N-dealkylation sites (N-methyl/N-ethyl adjacent to an activating group) is 1. The molecule has 0 atom stereocenters. The van der Waals surface area contributed by atoms with Crippen LogP contribution in [0.5, 0.6) is 0 Å². The van der Waals surface area contributed by atoms with Crippen LogP contribution in [-0.2, 0) is 10.7 Å². The second-order valence-corrected chi connectivity index (χ2v) is 4.84. The maximum absolute atomic E-state index is 11.4. The van der Waals surface area contributed by atoms with Crippen molar-refractivity contribution in [3.05, 3.63) is 35.4 Å². The van der Waals surface area contributed by atoms with E-state index in [0.717, 1.165) is 38.3 Å².